The molecule has 0 aliphatic rings. The van der Waals surface area contributed by atoms with Gasteiger partial charge in [0.2, 0.25) is 15.9 Å². The van der Waals surface area contributed by atoms with Crippen molar-refractivity contribution < 1.29 is 27.3 Å². The molecule has 0 amide bonds. The smallest absolute Gasteiger partial charge is 0.339 e. The monoisotopic (exact) mass is 482 g/mol. The lowest BCUT2D eigenvalue weighted by atomic mass is 10.2. The summed E-state index contributed by atoms with van der Waals surface area (Å²) in [6.07, 6.45) is 0. The summed E-state index contributed by atoms with van der Waals surface area (Å²) in [5.74, 6) is -0.772. The molecule has 0 radical (unpaired) electrons. The Morgan fingerprint density at radius 1 is 1.21 bits per heavy atom. The molecule has 13 heteroatoms. The number of carbonyl (C=O) groups is 1. The van der Waals surface area contributed by atoms with Gasteiger partial charge in [-0.25, -0.2) is 18.4 Å². The van der Waals surface area contributed by atoms with Crippen molar-refractivity contribution in [3.63, 3.8) is 0 Å². The van der Waals surface area contributed by atoms with E-state index in [1.807, 2.05) is 0 Å². The number of rotatable bonds is 6. The Hall–Kier alpha value is -3.16. The van der Waals surface area contributed by atoms with Gasteiger partial charge in [-0.05, 0) is 46.3 Å². The first-order valence-corrected chi connectivity index (χ1v) is 10.1. The number of primary sulfonamides is 1. The second kappa shape index (κ2) is 8.06. The minimum absolute atomic E-state index is 0.0228. The Bertz CT molecular complexity index is 1190. The predicted molar refractivity (Wildman–Crippen MR) is 101 cm³/mol. The summed E-state index contributed by atoms with van der Waals surface area (Å²) in [6, 6.07) is 9.14. The molecule has 11 nitrogen and oxygen atoms in total. The maximum absolute atomic E-state index is 12.3. The quantitative estimate of drug-likeness (QED) is 0.314. The molecular formula is C16H11BrN4O7S. The number of nitro groups is 1. The Morgan fingerprint density at radius 2 is 1.90 bits per heavy atom. The van der Waals surface area contributed by atoms with Gasteiger partial charge in [0.25, 0.3) is 11.6 Å². The first-order valence-electron chi connectivity index (χ1n) is 7.72. The van der Waals surface area contributed by atoms with E-state index in [9.17, 15) is 23.3 Å². The van der Waals surface area contributed by atoms with Crippen LogP contribution in [-0.4, -0.2) is 29.5 Å². The number of hydrogen-bond acceptors (Lipinski definition) is 9. The van der Waals surface area contributed by atoms with Gasteiger partial charge in [0, 0.05) is 22.2 Å². The molecule has 0 fully saturated rings. The number of nitrogens with two attached hydrogens (primary N) is 1. The van der Waals surface area contributed by atoms with Gasteiger partial charge in [-0.15, -0.1) is 10.2 Å². The van der Waals surface area contributed by atoms with Crippen LogP contribution < -0.4 is 5.14 Å². The number of hydrogen-bond donors (Lipinski definition) is 1. The van der Waals surface area contributed by atoms with Crippen LogP contribution in [0.1, 0.15) is 16.2 Å². The molecule has 29 heavy (non-hydrogen) atoms. The highest BCUT2D eigenvalue weighted by atomic mass is 79.9. The second-order valence-corrected chi connectivity index (χ2v) is 7.98. The van der Waals surface area contributed by atoms with Gasteiger partial charge in [0.05, 0.1) is 15.4 Å². The molecule has 2 aromatic carbocycles. The van der Waals surface area contributed by atoms with Gasteiger partial charge in [0.15, 0.2) is 6.61 Å². The topological polar surface area (TPSA) is 169 Å². The molecule has 0 aliphatic carbocycles. The third kappa shape index (κ3) is 4.82. The third-order valence-electron chi connectivity index (χ3n) is 3.60. The van der Waals surface area contributed by atoms with Crippen LogP contribution in [0.3, 0.4) is 0 Å². The van der Waals surface area contributed by atoms with Gasteiger partial charge in [-0.1, -0.05) is 0 Å². The van der Waals surface area contributed by atoms with E-state index < -0.39 is 20.9 Å². The molecule has 1 heterocycles. The Kier molecular flexibility index (Phi) is 5.72. The van der Waals surface area contributed by atoms with Gasteiger partial charge in [-0.2, -0.15) is 0 Å². The molecule has 3 rings (SSSR count). The molecule has 3 aromatic rings. The predicted octanol–water partition coefficient (Wildman–Crippen LogP) is 2.41. The maximum Gasteiger partial charge on any atom is 0.339 e. The number of nitro benzene ring substituents is 1. The zero-order valence-corrected chi connectivity index (χ0v) is 16.7. The SMILES string of the molecule is NS(=O)(=O)c1ccc(Br)c(C(=O)OCc2nnc(-c3ccc([N+](=O)[O-])cc3)o2)c1. The van der Waals surface area contributed by atoms with Gasteiger partial charge in [-0.3, -0.25) is 10.1 Å². The lowest BCUT2D eigenvalue weighted by Crippen LogP contribution is -2.14. The number of esters is 1. The zero-order chi connectivity index (χ0) is 21.2. The summed E-state index contributed by atoms with van der Waals surface area (Å²) in [4.78, 5) is 22.2. The summed E-state index contributed by atoms with van der Waals surface area (Å²) < 4.78 is 33.6. The number of carbonyl (C=O) groups excluding carboxylic acids is 1. The lowest BCUT2D eigenvalue weighted by Gasteiger charge is -2.06. The minimum Gasteiger partial charge on any atom is -0.452 e. The van der Waals surface area contributed by atoms with E-state index in [1.54, 1.807) is 0 Å². The van der Waals surface area contributed by atoms with Crippen molar-refractivity contribution in [2.75, 3.05) is 0 Å². The molecule has 150 valence electrons. The molecule has 0 unspecified atom stereocenters. The van der Waals surface area contributed by atoms with E-state index in [1.165, 1.54) is 36.4 Å². The van der Waals surface area contributed by atoms with E-state index in [0.29, 0.717) is 10.0 Å². The van der Waals surface area contributed by atoms with Crippen molar-refractivity contribution >= 4 is 37.6 Å². The first kappa shape index (κ1) is 20.6. The molecule has 0 saturated carbocycles. The van der Waals surface area contributed by atoms with Crippen LogP contribution in [0.2, 0.25) is 0 Å². The van der Waals surface area contributed by atoms with E-state index in [2.05, 4.69) is 26.1 Å². The van der Waals surface area contributed by atoms with Crippen molar-refractivity contribution in [3.8, 4) is 11.5 Å². The zero-order valence-electron chi connectivity index (χ0n) is 14.3. The number of benzene rings is 2. The van der Waals surface area contributed by atoms with Crippen LogP contribution in [0, 0.1) is 10.1 Å². The van der Waals surface area contributed by atoms with Crippen LogP contribution in [0.25, 0.3) is 11.5 Å². The van der Waals surface area contributed by atoms with E-state index in [0.717, 1.165) is 6.07 Å². The Morgan fingerprint density at radius 3 is 2.52 bits per heavy atom. The average Bonchev–Trinajstić information content (AvgIpc) is 3.14. The molecule has 0 spiro atoms. The Labute approximate surface area is 171 Å². The summed E-state index contributed by atoms with van der Waals surface area (Å²) in [7, 11) is -3.99. The molecule has 2 N–H and O–H groups in total. The van der Waals surface area contributed by atoms with Crippen LogP contribution >= 0.6 is 15.9 Å². The summed E-state index contributed by atoms with van der Waals surface area (Å²) in [6.45, 7) is -0.370. The Balaban J connectivity index is 1.71. The molecule has 0 atom stereocenters. The number of ether oxygens (including phenoxy) is 1. The van der Waals surface area contributed by atoms with Crippen LogP contribution in [0.15, 0.2) is 56.2 Å². The minimum atomic E-state index is -3.99. The fourth-order valence-corrected chi connectivity index (χ4v) is 3.15. The third-order valence-corrected chi connectivity index (χ3v) is 5.21. The molecule has 0 aliphatic heterocycles. The van der Waals surface area contributed by atoms with Crippen molar-refractivity contribution in [2.45, 2.75) is 11.5 Å². The van der Waals surface area contributed by atoms with Gasteiger partial charge < -0.3 is 9.15 Å². The highest BCUT2D eigenvalue weighted by Gasteiger charge is 2.18. The van der Waals surface area contributed by atoms with Gasteiger partial charge in [0.1, 0.15) is 0 Å². The van der Waals surface area contributed by atoms with Crippen molar-refractivity contribution in [2.24, 2.45) is 5.14 Å². The van der Waals surface area contributed by atoms with Crippen molar-refractivity contribution in [1.82, 2.24) is 10.2 Å². The summed E-state index contributed by atoms with van der Waals surface area (Å²) >= 11 is 3.14. The highest BCUT2D eigenvalue weighted by Crippen LogP contribution is 2.23. The number of aromatic nitrogens is 2. The fourth-order valence-electron chi connectivity index (χ4n) is 2.20. The maximum atomic E-state index is 12.3. The summed E-state index contributed by atoms with van der Waals surface area (Å²) in [5, 5.41) is 23.3. The first-order chi connectivity index (χ1) is 13.6. The second-order valence-electron chi connectivity index (χ2n) is 5.57. The largest absolute Gasteiger partial charge is 0.452 e. The molecule has 0 bridgehead atoms. The average molecular weight is 483 g/mol. The number of sulfonamides is 1. The summed E-state index contributed by atoms with van der Waals surface area (Å²) in [5.41, 5.74) is 0.311. The number of non-ortho nitro benzene ring substituents is 1. The number of nitrogens with zero attached hydrogens (tertiary/aromatic N) is 3. The molecule has 0 saturated heterocycles. The van der Waals surface area contributed by atoms with Gasteiger partial charge >= 0.3 is 5.97 Å². The van der Waals surface area contributed by atoms with Crippen molar-refractivity contribution in [3.05, 3.63) is 68.5 Å². The van der Waals surface area contributed by atoms with E-state index >= 15 is 0 Å². The molecular weight excluding hydrogens is 472 g/mol. The van der Waals surface area contributed by atoms with Crippen LogP contribution in [-0.2, 0) is 21.4 Å². The normalized spacial score (nSPS) is 11.2. The van der Waals surface area contributed by atoms with E-state index in [-0.39, 0.29) is 34.5 Å². The van der Waals surface area contributed by atoms with Crippen molar-refractivity contribution in [1.29, 1.82) is 0 Å². The standard InChI is InChI=1S/C16H11BrN4O7S/c17-13-6-5-11(29(18,25)26)7-12(13)16(22)27-8-14-19-20-15(28-14)9-1-3-10(4-2-9)21(23)24/h1-7H,8H2,(H2,18,25,26). The van der Waals surface area contributed by atoms with Crippen LogP contribution in [0.4, 0.5) is 5.69 Å². The van der Waals surface area contributed by atoms with Crippen LogP contribution in [0.5, 0.6) is 0 Å². The fraction of sp³-hybridized carbons (Fsp3) is 0.0625. The van der Waals surface area contributed by atoms with E-state index in [4.69, 9.17) is 14.3 Å². The molecule has 1 aromatic heterocycles. The lowest BCUT2D eigenvalue weighted by molar-refractivity contribution is -0.384. The number of halogens is 1. The highest BCUT2D eigenvalue weighted by molar-refractivity contribution is 9.10.